The molecule has 0 spiro atoms. The average Bonchev–Trinajstić information content (AvgIpc) is 2.89. The third kappa shape index (κ3) is 4.11. The van der Waals surface area contributed by atoms with Crippen LogP contribution in [0.15, 0.2) is 24.3 Å². The topological polar surface area (TPSA) is 86.6 Å². The Hall–Kier alpha value is -2.41. The molecule has 0 unspecified atom stereocenters. The predicted molar refractivity (Wildman–Crippen MR) is 90.4 cm³/mol. The highest BCUT2D eigenvalue weighted by atomic mass is 32.1. The first kappa shape index (κ1) is 17.9. The molecule has 0 saturated heterocycles. The smallest absolute Gasteiger partial charge is 0.345 e. The van der Waals surface area contributed by atoms with Gasteiger partial charge in [-0.15, -0.1) is 11.3 Å². The molecule has 128 valence electrons. The molecular weight excluding hydrogens is 333 g/mol. The number of hydrogen-bond acceptors (Lipinski definition) is 4. The quantitative estimate of drug-likeness (QED) is 0.782. The number of carbonyl (C=O) groups excluding carboxylic acids is 1. The van der Waals surface area contributed by atoms with E-state index in [-0.39, 0.29) is 22.6 Å². The number of carbonyl (C=O) groups is 2. The number of carboxylic acid groups (broad SMARTS) is 1. The van der Waals surface area contributed by atoms with Gasteiger partial charge in [0.05, 0.1) is 11.4 Å². The van der Waals surface area contributed by atoms with Crippen molar-refractivity contribution in [2.75, 3.05) is 5.32 Å². The van der Waals surface area contributed by atoms with Gasteiger partial charge in [0.25, 0.3) is 0 Å². The monoisotopic (exact) mass is 351 g/mol. The molecule has 0 aliphatic rings. The standard InChI is InChI=1S/C17H18FNO4S/c1-17(2,3)10-8-11(18)9(6-12(10)20)7-14(21)19-15-5-4-13(24-15)16(22)23/h4-6,8,20H,7H2,1-3H3,(H,19,21)(H,22,23). The zero-order valence-electron chi connectivity index (χ0n) is 13.5. The van der Waals surface area contributed by atoms with Gasteiger partial charge in [-0.25, -0.2) is 9.18 Å². The molecule has 5 nitrogen and oxygen atoms in total. The van der Waals surface area contributed by atoms with Crippen LogP contribution in [0.2, 0.25) is 0 Å². The number of nitrogens with one attached hydrogen (secondary N) is 1. The summed E-state index contributed by atoms with van der Waals surface area (Å²) < 4.78 is 14.2. The van der Waals surface area contributed by atoms with E-state index >= 15 is 0 Å². The number of aromatic carboxylic acids is 1. The number of rotatable bonds is 4. The Balaban J connectivity index is 2.14. The first-order chi connectivity index (χ1) is 11.1. The van der Waals surface area contributed by atoms with Crippen LogP contribution in [0.3, 0.4) is 0 Å². The number of carboxylic acids is 1. The number of aromatic hydroxyl groups is 1. The second-order valence-electron chi connectivity index (χ2n) is 6.40. The Bertz CT molecular complexity index is 792. The maximum atomic E-state index is 14.2. The third-order valence-electron chi connectivity index (χ3n) is 3.40. The maximum absolute atomic E-state index is 14.2. The molecule has 0 fully saturated rings. The molecule has 1 aromatic carbocycles. The molecule has 2 aromatic rings. The summed E-state index contributed by atoms with van der Waals surface area (Å²) in [7, 11) is 0. The number of phenolic OH excluding ortho intramolecular Hbond substituents is 1. The number of halogens is 1. The Morgan fingerprint density at radius 1 is 1.25 bits per heavy atom. The molecule has 0 aliphatic carbocycles. The first-order valence-electron chi connectivity index (χ1n) is 7.23. The lowest BCUT2D eigenvalue weighted by Crippen LogP contribution is -2.16. The number of benzene rings is 1. The Labute approximate surface area is 142 Å². The number of phenols is 1. The Morgan fingerprint density at radius 3 is 2.46 bits per heavy atom. The summed E-state index contributed by atoms with van der Waals surface area (Å²) in [6, 6.07) is 5.36. The van der Waals surface area contributed by atoms with Crippen LogP contribution in [0.4, 0.5) is 9.39 Å². The lowest BCUT2D eigenvalue weighted by Gasteiger charge is -2.21. The molecule has 0 radical (unpaired) electrons. The highest BCUT2D eigenvalue weighted by Crippen LogP contribution is 2.32. The van der Waals surface area contributed by atoms with Crippen molar-refractivity contribution in [2.45, 2.75) is 32.6 Å². The molecule has 0 atom stereocenters. The van der Waals surface area contributed by atoms with Gasteiger partial charge < -0.3 is 15.5 Å². The van der Waals surface area contributed by atoms with Crippen molar-refractivity contribution in [2.24, 2.45) is 0 Å². The summed E-state index contributed by atoms with van der Waals surface area (Å²) in [6.07, 6.45) is -0.260. The predicted octanol–water partition coefficient (Wildman–Crippen LogP) is 3.77. The van der Waals surface area contributed by atoms with Crippen molar-refractivity contribution in [3.8, 4) is 5.75 Å². The van der Waals surface area contributed by atoms with E-state index in [9.17, 15) is 19.1 Å². The molecule has 0 saturated carbocycles. The molecular formula is C17H18FNO4S. The lowest BCUT2D eigenvalue weighted by molar-refractivity contribution is -0.115. The molecule has 0 aliphatic heterocycles. The van der Waals surface area contributed by atoms with Gasteiger partial charge >= 0.3 is 5.97 Å². The molecule has 1 amide bonds. The van der Waals surface area contributed by atoms with E-state index in [1.807, 2.05) is 20.8 Å². The van der Waals surface area contributed by atoms with Gasteiger partial charge in [0.2, 0.25) is 5.91 Å². The summed E-state index contributed by atoms with van der Waals surface area (Å²) in [4.78, 5) is 22.9. The van der Waals surface area contributed by atoms with Gasteiger partial charge in [-0.2, -0.15) is 0 Å². The van der Waals surface area contributed by atoms with Gasteiger partial charge in [-0.1, -0.05) is 20.8 Å². The maximum Gasteiger partial charge on any atom is 0.345 e. The molecule has 1 heterocycles. The van der Waals surface area contributed by atoms with Crippen LogP contribution in [0, 0.1) is 5.82 Å². The second-order valence-corrected chi connectivity index (χ2v) is 7.49. The minimum absolute atomic E-state index is 0.0593. The molecule has 2 rings (SSSR count). The van der Waals surface area contributed by atoms with Crippen molar-refractivity contribution < 1.29 is 24.2 Å². The van der Waals surface area contributed by atoms with Crippen molar-refractivity contribution in [3.05, 3.63) is 46.1 Å². The van der Waals surface area contributed by atoms with E-state index in [0.717, 1.165) is 11.3 Å². The van der Waals surface area contributed by atoms with E-state index in [0.29, 0.717) is 10.6 Å². The summed E-state index contributed by atoms with van der Waals surface area (Å²) in [6.45, 7) is 5.56. The summed E-state index contributed by atoms with van der Waals surface area (Å²) in [5, 5.41) is 21.8. The van der Waals surface area contributed by atoms with Crippen LogP contribution in [0.1, 0.15) is 41.6 Å². The molecule has 1 aromatic heterocycles. The van der Waals surface area contributed by atoms with Crippen LogP contribution in [-0.2, 0) is 16.6 Å². The van der Waals surface area contributed by atoms with Crippen LogP contribution in [0.25, 0.3) is 0 Å². The summed E-state index contributed by atoms with van der Waals surface area (Å²) in [5.41, 5.74) is 0.122. The van der Waals surface area contributed by atoms with E-state index in [1.54, 1.807) is 0 Å². The van der Waals surface area contributed by atoms with Crippen LogP contribution in [-0.4, -0.2) is 22.1 Å². The molecule has 0 bridgehead atoms. The normalized spacial score (nSPS) is 11.3. The minimum atomic E-state index is -1.07. The third-order valence-corrected chi connectivity index (χ3v) is 4.39. The van der Waals surface area contributed by atoms with Crippen molar-refractivity contribution in [1.82, 2.24) is 0 Å². The first-order valence-corrected chi connectivity index (χ1v) is 8.04. The Morgan fingerprint density at radius 2 is 1.92 bits per heavy atom. The molecule has 24 heavy (non-hydrogen) atoms. The highest BCUT2D eigenvalue weighted by Gasteiger charge is 2.21. The zero-order valence-corrected chi connectivity index (χ0v) is 14.3. The van der Waals surface area contributed by atoms with Gasteiger partial charge in [-0.3, -0.25) is 4.79 Å². The van der Waals surface area contributed by atoms with Gasteiger partial charge in [-0.05, 0) is 29.7 Å². The number of thiophene rings is 1. The fourth-order valence-corrected chi connectivity index (χ4v) is 2.98. The van der Waals surface area contributed by atoms with Crippen molar-refractivity contribution in [3.63, 3.8) is 0 Å². The fraction of sp³-hybridized carbons (Fsp3) is 0.294. The van der Waals surface area contributed by atoms with E-state index in [4.69, 9.17) is 5.11 Å². The molecule has 7 heteroatoms. The lowest BCUT2D eigenvalue weighted by atomic mass is 9.85. The van der Waals surface area contributed by atoms with E-state index < -0.39 is 23.1 Å². The van der Waals surface area contributed by atoms with E-state index in [2.05, 4.69) is 5.32 Å². The summed E-state index contributed by atoms with van der Waals surface area (Å²) >= 11 is 0.918. The van der Waals surface area contributed by atoms with Gasteiger partial charge in [0, 0.05) is 11.1 Å². The number of anilines is 1. The van der Waals surface area contributed by atoms with Crippen LogP contribution >= 0.6 is 11.3 Å². The Kier molecular flexibility index (Phi) is 4.94. The van der Waals surface area contributed by atoms with Crippen molar-refractivity contribution >= 4 is 28.2 Å². The van der Waals surface area contributed by atoms with Gasteiger partial charge in [0.1, 0.15) is 16.4 Å². The minimum Gasteiger partial charge on any atom is -0.508 e. The zero-order chi connectivity index (χ0) is 18.1. The van der Waals surface area contributed by atoms with Crippen LogP contribution in [0.5, 0.6) is 5.75 Å². The summed E-state index contributed by atoms with van der Waals surface area (Å²) in [5.74, 6) is -2.19. The van der Waals surface area contributed by atoms with Gasteiger partial charge in [0.15, 0.2) is 0 Å². The second kappa shape index (κ2) is 6.60. The number of amides is 1. The van der Waals surface area contributed by atoms with E-state index in [1.165, 1.54) is 24.3 Å². The fourth-order valence-electron chi connectivity index (χ4n) is 2.22. The molecule has 3 N–H and O–H groups in total. The largest absolute Gasteiger partial charge is 0.508 e. The number of hydrogen-bond donors (Lipinski definition) is 3. The average molecular weight is 351 g/mol. The highest BCUT2D eigenvalue weighted by molar-refractivity contribution is 7.18. The van der Waals surface area contributed by atoms with Crippen molar-refractivity contribution in [1.29, 1.82) is 0 Å². The van der Waals surface area contributed by atoms with Crippen LogP contribution < -0.4 is 5.32 Å². The SMILES string of the molecule is CC(C)(C)c1cc(F)c(CC(=O)Nc2ccc(C(=O)O)s2)cc1O.